The summed E-state index contributed by atoms with van der Waals surface area (Å²) in [7, 11) is 0. The maximum Gasteiger partial charge on any atom is 0.160 e. The van der Waals surface area contributed by atoms with Crippen LogP contribution in [-0.2, 0) is 0 Å². The lowest BCUT2D eigenvalue weighted by Crippen LogP contribution is -1.97. The van der Waals surface area contributed by atoms with Gasteiger partial charge in [0.1, 0.15) is 16.7 Å². The quantitative estimate of drug-likeness (QED) is 0.184. The van der Waals surface area contributed by atoms with Crippen LogP contribution in [0.25, 0.3) is 110 Å². The number of benzene rings is 8. The summed E-state index contributed by atoms with van der Waals surface area (Å²) < 4.78 is 17.8. The van der Waals surface area contributed by atoms with Crippen LogP contribution in [0.5, 0.6) is 0 Å². The minimum absolute atomic E-state index is 0.584. The second kappa shape index (κ2) is 11.0. The molecule has 256 valence electrons. The second-order valence-corrected chi connectivity index (χ2v) is 14.5. The Labute approximate surface area is 314 Å². The molecule has 4 heterocycles. The summed E-state index contributed by atoms with van der Waals surface area (Å²) in [5.74, 6) is 0. The lowest BCUT2D eigenvalue weighted by atomic mass is 10.0. The Morgan fingerprint density at radius 1 is 0.455 bits per heavy atom. The fraction of sp³-hybridized carbons (Fsp3) is 0.0200. The first-order valence-corrected chi connectivity index (χ1v) is 18.5. The maximum absolute atomic E-state index is 10.5. The van der Waals surface area contributed by atoms with Gasteiger partial charge in [-0.25, -0.2) is 0 Å². The number of rotatable bonds is 3. The van der Waals surface area contributed by atoms with Crippen molar-refractivity contribution in [1.82, 2.24) is 9.13 Å². The van der Waals surface area contributed by atoms with E-state index in [4.69, 9.17) is 8.83 Å². The second-order valence-electron chi connectivity index (χ2n) is 14.5. The summed E-state index contributed by atoms with van der Waals surface area (Å²) >= 11 is 0. The molecule has 12 rings (SSSR count). The van der Waals surface area contributed by atoms with Crippen LogP contribution in [0.1, 0.15) is 11.1 Å². The third kappa shape index (κ3) is 4.16. The Balaban J connectivity index is 1.10. The van der Waals surface area contributed by atoms with Gasteiger partial charge in [0, 0.05) is 49.1 Å². The van der Waals surface area contributed by atoms with E-state index < -0.39 is 0 Å². The first kappa shape index (κ1) is 30.0. The molecule has 0 radical (unpaired) electrons. The van der Waals surface area contributed by atoms with Gasteiger partial charge in [0.2, 0.25) is 0 Å². The lowest BCUT2D eigenvalue weighted by molar-refractivity contribution is 0.671. The van der Waals surface area contributed by atoms with Gasteiger partial charge < -0.3 is 18.0 Å². The molecule has 0 spiro atoms. The van der Waals surface area contributed by atoms with Crippen molar-refractivity contribution in [3.05, 3.63) is 169 Å². The number of aryl methyl sites for hydroxylation is 1. The molecule has 0 bridgehead atoms. The molecule has 0 saturated carbocycles. The highest BCUT2D eigenvalue weighted by atomic mass is 16.3. The summed E-state index contributed by atoms with van der Waals surface area (Å²) in [6, 6.07) is 57.6. The molecule has 5 heteroatoms. The highest BCUT2D eigenvalue weighted by Gasteiger charge is 2.21. The largest absolute Gasteiger partial charge is 0.455 e. The van der Waals surface area contributed by atoms with Crippen molar-refractivity contribution < 1.29 is 8.83 Å². The van der Waals surface area contributed by atoms with E-state index in [0.29, 0.717) is 5.56 Å². The molecule has 0 saturated heterocycles. The third-order valence-electron chi connectivity index (χ3n) is 11.4. The van der Waals surface area contributed by atoms with E-state index in [1.807, 2.05) is 36.4 Å². The Morgan fingerprint density at radius 3 is 1.93 bits per heavy atom. The zero-order chi connectivity index (χ0) is 36.4. The fourth-order valence-corrected chi connectivity index (χ4v) is 8.97. The van der Waals surface area contributed by atoms with Gasteiger partial charge in [-0.1, -0.05) is 84.4 Å². The number of hydrogen-bond donors (Lipinski definition) is 0. The highest BCUT2D eigenvalue weighted by molar-refractivity contribution is 6.24. The average molecular weight is 704 g/mol. The van der Waals surface area contributed by atoms with E-state index in [1.165, 1.54) is 5.56 Å². The van der Waals surface area contributed by atoms with Gasteiger partial charge in [0.25, 0.3) is 0 Å². The van der Waals surface area contributed by atoms with E-state index in [2.05, 4.69) is 143 Å². The van der Waals surface area contributed by atoms with Crippen molar-refractivity contribution in [3.8, 4) is 28.6 Å². The van der Waals surface area contributed by atoms with Crippen molar-refractivity contribution in [2.24, 2.45) is 0 Å². The van der Waals surface area contributed by atoms with E-state index in [0.717, 1.165) is 110 Å². The summed E-state index contributed by atoms with van der Waals surface area (Å²) in [4.78, 5) is 0. The predicted molar refractivity (Wildman–Crippen MR) is 225 cm³/mol. The topological polar surface area (TPSA) is 59.9 Å². The van der Waals surface area contributed by atoms with Crippen LogP contribution in [0.4, 0.5) is 0 Å². The molecule has 0 N–H and O–H groups in total. The van der Waals surface area contributed by atoms with E-state index in [1.54, 1.807) is 0 Å². The zero-order valence-corrected chi connectivity index (χ0v) is 29.7. The Kier molecular flexibility index (Phi) is 5.99. The Morgan fingerprint density at radius 2 is 1.11 bits per heavy atom. The van der Waals surface area contributed by atoms with Crippen LogP contribution in [0, 0.1) is 18.3 Å². The molecule has 0 aliphatic rings. The van der Waals surface area contributed by atoms with Gasteiger partial charge in [0.15, 0.2) is 5.58 Å². The molecule has 55 heavy (non-hydrogen) atoms. The normalized spacial score (nSPS) is 12.1. The smallest absolute Gasteiger partial charge is 0.160 e. The van der Waals surface area contributed by atoms with Crippen LogP contribution in [0.15, 0.2) is 167 Å². The number of para-hydroxylation sites is 3. The summed E-state index contributed by atoms with van der Waals surface area (Å²) in [5, 5.41) is 19.3. The van der Waals surface area contributed by atoms with Crippen molar-refractivity contribution in [2.45, 2.75) is 6.92 Å². The van der Waals surface area contributed by atoms with Gasteiger partial charge >= 0.3 is 0 Å². The SMILES string of the molecule is Cc1ccc2c(c1)c1ccc3c4ccccc4oc3c1n2-c1cc(C#N)cc(-c2cccc(-n3c4ccccc4c4c5oc6ccccc6c5ccc43)c2)c1. The molecular formula is C50H29N3O2. The Bertz CT molecular complexity index is 3640. The van der Waals surface area contributed by atoms with Crippen molar-refractivity contribution in [3.63, 3.8) is 0 Å². The van der Waals surface area contributed by atoms with Gasteiger partial charge in [-0.2, -0.15) is 5.26 Å². The highest BCUT2D eigenvalue weighted by Crippen LogP contribution is 2.43. The molecule has 0 aliphatic carbocycles. The van der Waals surface area contributed by atoms with Gasteiger partial charge in [-0.15, -0.1) is 0 Å². The number of hydrogen-bond acceptors (Lipinski definition) is 3. The van der Waals surface area contributed by atoms with Crippen LogP contribution in [0.2, 0.25) is 0 Å². The van der Waals surface area contributed by atoms with Crippen LogP contribution in [-0.4, -0.2) is 9.13 Å². The molecule has 0 fully saturated rings. The molecular weight excluding hydrogens is 675 g/mol. The molecule has 5 nitrogen and oxygen atoms in total. The van der Waals surface area contributed by atoms with E-state index in [9.17, 15) is 5.26 Å². The van der Waals surface area contributed by atoms with Crippen molar-refractivity contribution in [2.75, 3.05) is 0 Å². The number of furan rings is 2. The zero-order valence-electron chi connectivity index (χ0n) is 29.7. The Hall–Kier alpha value is -7.55. The molecule has 0 unspecified atom stereocenters. The van der Waals surface area contributed by atoms with Crippen molar-refractivity contribution in [1.29, 1.82) is 5.26 Å². The van der Waals surface area contributed by atoms with Gasteiger partial charge in [-0.05, 0) is 96.9 Å². The van der Waals surface area contributed by atoms with E-state index in [-0.39, 0.29) is 0 Å². The molecule has 8 aromatic carbocycles. The summed E-state index contributed by atoms with van der Waals surface area (Å²) in [5.41, 5.74) is 13.4. The number of nitriles is 1. The van der Waals surface area contributed by atoms with Crippen LogP contribution < -0.4 is 0 Å². The van der Waals surface area contributed by atoms with Gasteiger partial charge in [0.05, 0.1) is 39.1 Å². The minimum atomic E-state index is 0.584. The average Bonchev–Trinajstić information content (AvgIpc) is 3.98. The lowest BCUT2D eigenvalue weighted by Gasteiger charge is -2.13. The first-order valence-electron chi connectivity index (χ1n) is 18.5. The first-order chi connectivity index (χ1) is 27.1. The molecule has 0 amide bonds. The maximum atomic E-state index is 10.5. The number of aromatic nitrogens is 2. The number of nitrogens with zero attached hydrogens (tertiary/aromatic N) is 3. The molecule has 0 atom stereocenters. The van der Waals surface area contributed by atoms with Crippen LogP contribution in [0.3, 0.4) is 0 Å². The predicted octanol–water partition coefficient (Wildman–Crippen LogP) is 13.5. The monoisotopic (exact) mass is 703 g/mol. The van der Waals surface area contributed by atoms with Gasteiger partial charge in [-0.3, -0.25) is 0 Å². The van der Waals surface area contributed by atoms with Crippen LogP contribution >= 0.6 is 0 Å². The minimum Gasteiger partial charge on any atom is -0.455 e. The number of fused-ring (bicyclic) bond motifs is 14. The standard InChI is InChI=1S/C50H29N3O2/c1-29-17-21-43-41(23-29)37-18-19-39-36-12-4-7-16-46(36)55-50(39)48(37)53(43)34-25-30(28-51)24-32(27-34)31-9-8-10-33(26-31)52-42-14-5-2-13-40(42)47-44(52)22-20-38-35-11-3-6-15-45(35)54-49(38)47/h2-27H,1H3. The third-order valence-corrected chi connectivity index (χ3v) is 11.4. The fourth-order valence-electron chi connectivity index (χ4n) is 8.97. The molecule has 12 aromatic rings. The van der Waals surface area contributed by atoms with Crippen molar-refractivity contribution >= 4 is 87.5 Å². The molecule has 4 aromatic heterocycles. The molecule has 0 aliphatic heterocycles. The van der Waals surface area contributed by atoms with E-state index >= 15 is 0 Å². The summed E-state index contributed by atoms with van der Waals surface area (Å²) in [6.45, 7) is 2.13. The summed E-state index contributed by atoms with van der Waals surface area (Å²) in [6.07, 6.45) is 0.